The maximum Gasteiger partial charge on any atom is 0.303 e. The predicted molar refractivity (Wildman–Crippen MR) is 209 cm³/mol. The molecule has 0 aromatic rings. The topological polar surface area (TPSA) is 355 Å². The molecule has 24 heteroatoms. The Balaban J connectivity index is 1.65. The largest absolute Gasteiger partial charge is 0.481 e. The summed E-state index contributed by atoms with van der Waals surface area (Å²) in [5, 5.41) is 44.8. The van der Waals surface area contributed by atoms with Crippen LogP contribution < -0.4 is 43.0 Å². The highest BCUT2D eigenvalue weighted by atomic mass is 16.4. The average molecular weight is 851 g/mol. The molecule has 0 saturated carbocycles. The number of aldehydes is 1. The molecule has 7 unspecified atom stereocenters. The summed E-state index contributed by atoms with van der Waals surface area (Å²) >= 11 is 0. The number of carbonyl (C=O) groups is 10. The molecular formula is C36H58N12O12. The van der Waals surface area contributed by atoms with Crippen molar-refractivity contribution in [3.05, 3.63) is 0 Å². The molecule has 3 aliphatic heterocycles. The smallest absolute Gasteiger partial charge is 0.303 e. The number of carboxylic acids is 1. The molecule has 3 aliphatic rings. The zero-order valence-corrected chi connectivity index (χ0v) is 33.8. The van der Waals surface area contributed by atoms with Crippen LogP contribution in [0.2, 0.25) is 0 Å². The number of rotatable bonds is 22. The minimum absolute atomic E-state index is 0.000138. The van der Waals surface area contributed by atoms with Gasteiger partial charge in [-0.25, -0.2) is 0 Å². The third-order valence-corrected chi connectivity index (χ3v) is 10.5. The Hall–Kier alpha value is -5.91. The molecule has 334 valence electrons. The van der Waals surface area contributed by atoms with Crippen LogP contribution in [0.15, 0.2) is 0 Å². The van der Waals surface area contributed by atoms with E-state index in [1.54, 1.807) is 14.0 Å². The zero-order chi connectivity index (χ0) is 44.5. The fourth-order valence-corrected chi connectivity index (χ4v) is 7.15. The summed E-state index contributed by atoms with van der Waals surface area (Å²) in [6.07, 6.45) is 0.374. The molecule has 0 aliphatic carbocycles. The van der Waals surface area contributed by atoms with Crippen molar-refractivity contribution in [3.63, 3.8) is 0 Å². The first-order valence-corrected chi connectivity index (χ1v) is 19.9. The average Bonchev–Trinajstić information content (AvgIpc) is 4.00. The van der Waals surface area contributed by atoms with E-state index in [9.17, 15) is 58.2 Å². The molecule has 8 amide bonds. The highest BCUT2D eigenvalue weighted by Gasteiger charge is 2.42. The maximum absolute atomic E-state index is 13.8. The molecule has 0 aromatic heterocycles. The number of likely N-dealkylation sites (N-methyl/N-ethyl adjacent to an activating group) is 1. The van der Waals surface area contributed by atoms with Crippen molar-refractivity contribution in [2.24, 2.45) is 5.73 Å². The number of nitrogens with zero attached hydrogens (tertiary/aromatic N) is 3. The molecule has 24 nitrogen and oxygen atoms in total. The molecule has 0 aromatic carbocycles. The number of carbonyl (C=O) groups excluding carboxylic acids is 9. The highest BCUT2D eigenvalue weighted by Crippen LogP contribution is 2.21. The summed E-state index contributed by atoms with van der Waals surface area (Å²) in [4.78, 5) is 131. The monoisotopic (exact) mass is 850 g/mol. The normalized spacial score (nSPS) is 21.2. The molecule has 3 saturated heterocycles. The molecule has 7 atom stereocenters. The first kappa shape index (κ1) is 48.5. The Morgan fingerprint density at radius 1 is 0.800 bits per heavy atom. The molecule has 0 bridgehead atoms. The van der Waals surface area contributed by atoms with Gasteiger partial charge in [-0.05, 0) is 58.9 Å². The van der Waals surface area contributed by atoms with Crippen LogP contribution >= 0.6 is 0 Å². The number of β-amino-alcohol motifs (C(OH)–C–C–N with tert-alkyl or cyclic N) is 1. The number of nitrogens with two attached hydrogens (primary N) is 1. The number of carboxylic acid groups (broad SMARTS) is 1. The van der Waals surface area contributed by atoms with Gasteiger partial charge in [0.15, 0.2) is 5.96 Å². The first-order valence-electron chi connectivity index (χ1n) is 19.9. The van der Waals surface area contributed by atoms with Gasteiger partial charge in [-0.2, -0.15) is 0 Å². The van der Waals surface area contributed by atoms with Crippen molar-refractivity contribution < 1.29 is 58.2 Å². The molecule has 3 fully saturated rings. The maximum atomic E-state index is 13.8. The summed E-state index contributed by atoms with van der Waals surface area (Å²) in [5.41, 5.74) is 5.34. The van der Waals surface area contributed by atoms with Gasteiger partial charge in [0.05, 0.1) is 37.8 Å². The van der Waals surface area contributed by atoms with Crippen LogP contribution in [0.4, 0.5) is 0 Å². The van der Waals surface area contributed by atoms with Gasteiger partial charge in [0.2, 0.25) is 47.3 Å². The van der Waals surface area contributed by atoms with Crippen molar-refractivity contribution in [2.75, 3.05) is 52.9 Å². The van der Waals surface area contributed by atoms with Crippen LogP contribution in [0.25, 0.3) is 0 Å². The highest BCUT2D eigenvalue weighted by molar-refractivity contribution is 5.97. The van der Waals surface area contributed by atoms with Crippen molar-refractivity contribution in [3.8, 4) is 0 Å². The molecule has 60 heavy (non-hydrogen) atoms. The lowest BCUT2D eigenvalue weighted by Gasteiger charge is -2.29. The number of aliphatic hydroxyl groups is 1. The van der Waals surface area contributed by atoms with E-state index < -0.39 is 122 Å². The summed E-state index contributed by atoms with van der Waals surface area (Å²) in [6, 6.07) is -6.16. The fraction of sp³-hybridized carbons (Fsp3) is 0.694. The predicted octanol–water partition coefficient (Wildman–Crippen LogP) is -5.82. The Labute approximate surface area is 346 Å². The van der Waals surface area contributed by atoms with Crippen molar-refractivity contribution in [2.45, 2.75) is 107 Å². The van der Waals surface area contributed by atoms with Crippen molar-refractivity contribution in [1.82, 2.24) is 51.9 Å². The minimum atomic E-state index is -1.52. The Morgan fingerprint density at radius 2 is 1.45 bits per heavy atom. The number of aliphatic hydroxyl groups excluding tert-OH is 1. The molecule has 12 N–H and O–H groups in total. The zero-order valence-electron chi connectivity index (χ0n) is 33.8. The lowest BCUT2D eigenvalue weighted by molar-refractivity contribution is -0.143. The first-order chi connectivity index (χ1) is 28.5. The lowest BCUT2D eigenvalue weighted by Crippen LogP contribution is -2.56. The second kappa shape index (κ2) is 23.6. The van der Waals surface area contributed by atoms with Gasteiger partial charge < -0.3 is 72.7 Å². The van der Waals surface area contributed by atoms with Gasteiger partial charge in [0, 0.05) is 39.0 Å². The number of aliphatic carboxylic acids is 1. The number of likely N-dealkylation sites (tertiary alicyclic amines) is 3. The summed E-state index contributed by atoms with van der Waals surface area (Å²) < 4.78 is 0. The quantitative estimate of drug-likeness (QED) is 0.0209. The van der Waals surface area contributed by atoms with E-state index in [-0.39, 0.29) is 57.8 Å². The van der Waals surface area contributed by atoms with E-state index in [0.29, 0.717) is 32.1 Å². The fourth-order valence-electron chi connectivity index (χ4n) is 7.15. The molecular weight excluding hydrogens is 792 g/mol. The van der Waals surface area contributed by atoms with Crippen LogP contribution in [-0.4, -0.2) is 186 Å². The van der Waals surface area contributed by atoms with Crippen LogP contribution in [0.5, 0.6) is 0 Å². The van der Waals surface area contributed by atoms with E-state index in [4.69, 9.17) is 11.1 Å². The summed E-state index contributed by atoms with van der Waals surface area (Å²) in [7, 11) is 1.58. The third kappa shape index (κ3) is 14.4. The number of nitrogens with one attached hydrogen (secondary N) is 8. The number of hydrogen-bond donors (Lipinski definition) is 11. The van der Waals surface area contributed by atoms with Crippen LogP contribution in [0.3, 0.4) is 0 Å². The van der Waals surface area contributed by atoms with Gasteiger partial charge in [-0.15, -0.1) is 0 Å². The van der Waals surface area contributed by atoms with Gasteiger partial charge in [0.25, 0.3) is 0 Å². The van der Waals surface area contributed by atoms with E-state index in [2.05, 4.69) is 37.2 Å². The van der Waals surface area contributed by atoms with Gasteiger partial charge in [-0.1, -0.05) is 0 Å². The molecule has 0 spiro atoms. The standard InChI is InChI=1S/C36H58N12O12/c1-20(39-2)31(56)42-17-29(53)47-13-5-8-25(47)34(59)45-23(7-3-11-40-36(37)38)32(57)41-15-27(51)44-24(9-10-30(54)55)35(60)48-18-22(50)14-26(48)33(58)43-16-28(52)46-12-4-6-21(46)19-49/h19-26,39,50H,3-18H2,1-2H3,(H,41,57)(H,42,56)(H,43,58)(H,44,51)(H,45,59)(H,54,55)(H4,37,38,40). The van der Waals surface area contributed by atoms with E-state index >= 15 is 0 Å². The second-order valence-electron chi connectivity index (χ2n) is 14.8. The van der Waals surface area contributed by atoms with Crippen molar-refractivity contribution in [1.29, 1.82) is 5.41 Å². The Kier molecular flexibility index (Phi) is 19.1. The van der Waals surface area contributed by atoms with E-state index in [0.717, 1.165) is 4.90 Å². The molecule has 3 heterocycles. The molecule has 3 rings (SSSR count). The second-order valence-corrected chi connectivity index (χ2v) is 14.8. The summed E-state index contributed by atoms with van der Waals surface area (Å²) in [6.45, 7) is 0.438. The number of amides is 8. The Morgan fingerprint density at radius 3 is 2.12 bits per heavy atom. The van der Waals surface area contributed by atoms with E-state index in [1.807, 2.05) is 0 Å². The molecule has 0 radical (unpaired) electrons. The third-order valence-electron chi connectivity index (χ3n) is 10.5. The number of guanidine groups is 1. The Bertz CT molecular complexity index is 1630. The van der Waals surface area contributed by atoms with Crippen LogP contribution in [0, 0.1) is 5.41 Å². The summed E-state index contributed by atoms with van der Waals surface area (Å²) in [5.74, 6) is -7.13. The van der Waals surface area contributed by atoms with Gasteiger partial charge >= 0.3 is 5.97 Å². The van der Waals surface area contributed by atoms with Crippen molar-refractivity contribution >= 4 is 65.5 Å². The van der Waals surface area contributed by atoms with Gasteiger partial charge in [-0.3, -0.25) is 48.6 Å². The van der Waals surface area contributed by atoms with Crippen LogP contribution in [0.1, 0.15) is 64.7 Å². The van der Waals surface area contributed by atoms with Crippen LogP contribution in [-0.2, 0) is 47.9 Å². The van der Waals surface area contributed by atoms with Gasteiger partial charge in [0.1, 0.15) is 30.5 Å². The lowest BCUT2D eigenvalue weighted by atomic mass is 10.1. The number of hydrogen-bond acceptors (Lipinski definition) is 13. The van der Waals surface area contributed by atoms with E-state index in [1.165, 1.54) is 9.80 Å². The SMILES string of the molecule is CNC(C)C(=O)NCC(=O)N1CCCC1C(=O)NC(CCCNC(=N)N)C(=O)NCC(=O)NC(CCC(=O)O)C(=O)N1CC(O)CC1C(=O)NCC(=O)N1CCCC1C=O. The minimum Gasteiger partial charge on any atom is -0.481 e.